The van der Waals surface area contributed by atoms with Gasteiger partial charge in [-0.05, 0) is 13.1 Å². The molecule has 0 amide bonds. The van der Waals surface area contributed by atoms with Crippen LogP contribution in [0.5, 0.6) is 5.75 Å². The zero-order chi connectivity index (χ0) is 13.1. The van der Waals surface area contributed by atoms with Crippen LogP contribution in [0.1, 0.15) is 16.3 Å². The fourth-order valence-corrected chi connectivity index (χ4v) is 1.80. The van der Waals surface area contributed by atoms with Gasteiger partial charge in [0.05, 0.1) is 12.6 Å². The summed E-state index contributed by atoms with van der Waals surface area (Å²) in [6, 6.07) is 3.06. The highest BCUT2D eigenvalue weighted by atomic mass is 16.5. The number of imidazole rings is 1. The third-order valence-electron chi connectivity index (χ3n) is 2.68. The molecule has 0 aliphatic heterocycles. The van der Waals surface area contributed by atoms with E-state index in [4.69, 9.17) is 4.74 Å². The molecule has 0 unspecified atom stereocenters. The number of nitrogens with zero attached hydrogens (tertiary/aromatic N) is 2. The van der Waals surface area contributed by atoms with Crippen LogP contribution >= 0.6 is 0 Å². The molecular weight excluding hydrogens is 234 g/mol. The van der Waals surface area contributed by atoms with Gasteiger partial charge < -0.3 is 19.6 Å². The molecule has 0 spiro atoms. The molecule has 2 N–H and O–H groups in total. The molecule has 0 aromatic carbocycles. The molecule has 96 valence electrons. The van der Waals surface area contributed by atoms with Crippen LogP contribution in [0.4, 0.5) is 0 Å². The maximum atomic E-state index is 11.6. The van der Waals surface area contributed by atoms with Crippen LogP contribution in [0.3, 0.4) is 0 Å². The van der Waals surface area contributed by atoms with Gasteiger partial charge in [0.15, 0.2) is 5.69 Å². The molecule has 6 nitrogen and oxygen atoms in total. The van der Waals surface area contributed by atoms with Gasteiger partial charge in [0.2, 0.25) is 0 Å². The minimum Gasteiger partial charge on any atom is -0.508 e. The number of hydrogen-bond donors (Lipinski definition) is 2. The van der Waals surface area contributed by atoms with Crippen molar-refractivity contribution >= 4 is 11.5 Å². The predicted molar refractivity (Wildman–Crippen MR) is 65.8 cm³/mol. The molecule has 2 rings (SSSR count). The van der Waals surface area contributed by atoms with Gasteiger partial charge in [-0.3, -0.25) is 0 Å². The molecule has 0 radical (unpaired) electrons. The lowest BCUT2D eigenvalue weighted by atomic mass is 10.3. The summed E-state index contributed by atoms with van der Waals surface area (Å²) in [5, 5.41) is 12.5. The third-order valence-corrected chi connectivity index (χ3v) is 2.68. The summed E-state index contributed by atoms with van der Waals surface area (Å²) in [6.07, 6.45) is 2.37. The number of ether oxygens (including phenoxy) is 1. The topological polar surface area (TPSA) is 75.9 Å². The van der Waals surface area contributed by atoms with Crippen molar-refractivity contribution in [3.05, 3.63) is 29.8 Å². The van der Waals surface area contributed by atoms with E-state index in [2.05, 4.69) is 10.3 Å². The highest BCUT2D eigenvalue weighted by Gasteiger charge is 2.17. The zero-order valence-electron chi connectivity index (χ0n) is 10.3. The van der Waals surface area contributed by atoms with Gasteiger partial charge in [0.1, 0.15) is 11.6 Å². The predicted octanol–water partition coefficient (Wildman–Crippen LogP) is 0.588. The second kappa shape index (κ2) is 5.05. The average Bonchev–Trinajstić information content (AvgIpc) is 2.73. The molecule has 0 fully saturated rings. The van der Waals surface area contributed by atoms with E-state index in [0.29, 0.717) is 11.9 Å². The number of aromatic hydroxyl groups is 1. The van der Waals surface area contributed by atoms with Crippen LogP contribution < -0.4 is 5.32 Å². The molecular formula is C12H15N3O3. The second-order valence-corrected chi connectivity index (χ2v) is 3.86. The van der Waals surface area contributed by atoms with E-state index in [1.807, 2.05) is 7.05 Å². The second-order valence-electron chi connectivity index (χ2n) is 3.86. The first kappa shape index (κ1) is 12.4. The smallest absolute Gasteiger partial charge is 0.358 e. The molecule has 0 saturated carbocycles. The van der Waals surface area contributed by atoms with E-state index < -0.39 is 5.97 Å². The SMILES string of the molecule is CNCCc1nc(C(=O)OC)c2cc(O)ccn12. The van der Waals surface area contributed by atoms with Crippen LogP contribution in [0, 0.1) is 0 Å². The fraction of sp³-hybridized carbons (Fsp3) is 0.333. The first-order valence-corrected chi connectivity index (χ1v) is 5.60. The van der Waals surface area contributed by atoms with Crippen molar-refractivity contribution in [1.82, 2.24) is 14.7 Å². The van der Waals surface area contributed by atoms with Crippen molar-refractivity contribution in [3.63, 3.8) is 0 Å². The first-order chi connectivity index (χ1) is 8.67. The molecule has 6 heteroatoms. The quantitative estimate of drug-likeness (QED) is 0.775. The van der Waals surface area contributed by atoms with E-state index in [-0.39, 0.29) is 11.4 Å². The Labute approximate surface area is 104 Å². The van der Waals surface area contributed by atoms with Gasteiger partial charge in [0, 0.05) is 25.2 Å². The molecule has 0 bridgehead atoms. The Morgan fingerprint density at radius 3 is 3.06 bits per heavy atom. The highest BCUT2D eigenvalue weighted by molar-refractivity contribution is 5.95. The van der Waals surface area contributed by atoms with Crippen molar-refractivity contribution in [2.24, 2.45) is 0 Å². The first-order valence-electron chi connectivity index (χ1n) is 5.60. The molecule has 18 heavy (non-hydrogen) atoms. The third kappa shape index (κ3) is 2.14. The number of nitrogens with one attached hydrogen (secondary N) is 1. The van der Waals surface area contributed by atoms with Crippen molar-refractivity contribution in [1.29, 1.82) is 0 Å². The van der Waals surface area contributed by atoms with Crippen molar-refractivity contribution in [3.8, 4) is 5.75 Å². The Kier molecular flexibility index (Phi) is 3.47. The van der Waals surface area contributed by atoms with Crippen LogP contribution in [-0.4, -0.2) is 41.2 Å². The van der Waals surface area contributed by atoms with Crippen molar-refractivity contribution < 1.29 is 14.6 Å². The van der Waals surface area contributed by atoms with E-state index in [0.717, 1.165) is 12.4 Å². The maximum absolute atomic E-state index is 11.6. The summed E-state index contributed by atoms with van der Waals surface area (Å²) in [5.74, 6) is 0.335. The van der Waals surface area contributed by atoms with Gasteiger partial charge in [-0.15, -0.1) is 0 Å². The van der Waals surface area contributed by atoms with E-state index in [1.54, 1.807) is 16.7 Å². The normalized spacial score (nSPS) is 10.8. The lowest BCUT2D eigenvalue weighted by Gasteiger charge is -2.01. The Bertz CT molecular complexity index is 577. The Morgan fingerprint density at radius 2 is 2.39 bits per heavy atom. The number of likely N-dealkylation sites (N-methyl/N-ethyl adjacent to an activating group) is 1. The van der Waals surface area contributed by atoms with Crippen molar-refractivity contribution in [2.75, 3.05) is 20.7 Å². The number of pyridine rings is 1. The van der Waals surface area contributed by atoms with Gasteiger partial charge >= 0.3 is 5.97 Å². The van der Waals surface area contributed by atoms with Crippen LogP contribution in [0.15, 0.2) is 18.3 Å². The molecule has 2 heterocycles. The monoisotopic (exact) mass is 249 g/mol. The summed E-state index contributed by atoms with van der Waals surface area (Å²) in [5.41, 5.74) is 0.771. The largest absolute Gasteiger partial charge is 0.508 e. The summed E-state index contributed by atoms with van der Waals surface area (Å²) < 4.78 is 6.47. The molecule has 0 aliphatic carbocycles. The minimum atomic E-state index is -0.506. The molecule has 0 saturated heterocycles. The number of carbonyl (C=O) groups excluding carboxylic acids is 1. The number of carbonyl (C=O) groups is 1. The number of esters is 1. The van der Waals surface area contributed by atoms with Crippen LogP contribution in [-0.2, 0) is 11.2 Å². The average molecular weight is 249 g/mol. The number of methoxy groups -OCH3 is 1. The lowest BCUT2D eigenvalue weighted by molar-refractivity contribution is 0.0597. The van der Waals surface area contributed by atoms with E-state index >= 15 is 0 Å². The van der Waals surface area contributed by atoms with Crippen molar-refractivity contribution in [2.45, 2.75) is 6.42 Å². The Hall–Kier alpha value is -2.08. The molecule has 2 aromatic rings. The van der Waals surface area contributed by atoms with Gasteiger partial charge in [-0.25, -0.2) is 9.78 Å². The Balaban J connectivity index is 2.56. The van der Waals surface area contributed by atoms with Gasteiger partial charge in [-0.2, -0.15) is 0 Å². The zero-order valence-corrected chi connectivity index (χ0v) is 10.3. The molecule has 2 aromatic heterocycles. The van der Waals surface area contributed by atoms with E-state index in [1.165, 1.54) is 13.2 Å². The van der Waals surface area contributed by atoms with Gasteiger partial charge in [-0.1, -0.05) is 0 Å². The minimum absolute atomic E-state index is 0.0905. The molecule has 0 atom stereocenters. The Morgan fingerprint density at radius 1 is 1.61 bits per heavy atom. The molecule has 0 aliphatic rings. The maximum Gasteiger partial charge on any atom is 0.358 e. The fourth-order valence-electron chi connectivity index (χ4n) is 1.80. The van der Waals surface area contributed by atoms with Gasteiger partial charge in [0.25, 0.3) is 0 Å². The number of fused-ring (bicyclic) bond motifs is 1. The summed E-state index contributed by atoms with van der Waals surface area (Å²) in [4.78, 5) is 15.9. The number of rotatable bonds is 4. The van der Waals surface area contributed by atoms with Crippen LogP contribution in [0.25, 0.3) is 5.52 Å². The number of hydrogen-bond acceptors (Lipinski definition) is 5. The summed E-state index contributed by atoms with van der Waals surface area (Å²) in [6.45, 7) is 0.751. The summed E-state index contributed by atoms with van der Waals surface area (Å²) >= 11 is 0. The lowest BCUT2D eigenvalue weighted by Crippen LogP contribution is -2.12. The standard InChI is InChI=1S/C12H15N3O3/c1-13-5-3-10-14-11(12(17)18-2)9-7-8(16)4-6-15(9)10/h4,6-7,13,16H,3,5H2,1-2H3. The summed E-state index contributed by atoms with van der Waals surface area (Å²) in [7, 11) is 3.16. The highest BCUT2D eigenvalue weighted by Crippen LogP contribution is 2.19. The number of aromatic nitrogens is 2. The van der Waals surface area contributed by atoms with E-state index in [9.17, 15) is 9.90 Å². The van der Waals surface area contributed by atoms with Crippen LogP contribution in [0.2, 0.25) is 0 Å².